The van der Waals surface area contributed by atoms with Gasteiger partial charge in [-0.05, 0) is 70.1 Å². The number of nitrogens with zero attached hydrogens (tertiary/aromatic N) is 5. The molecule has 2 aromatic heterocycles. The van der Waals surface area contributed by atoms with Gasteiger partial charge in [-0.2, -0.15) is 5.10 Å². The van der Waals surface area contributed by atoms with Crippen molar-refractivity contribution in [2.75, 3.05) is 6.54 Å². The summed E-state index contributed by atoms with van der Waals surface area (Å²) in [6, 6.07) is 3.53. The molecule has 2 aliphatic heterocycles. The minimum Gasteiger partial charge on any atom is -0.471 e. The Morgan fingerprint density at radius 2 is 1.89 bits per heavy atom. The van der Waals surface area contributed by atoms with Crippen LogP contribution in [0.1, 0.15) is 86.6 Å². The number of ether oxygens (including phenoxy) is 1. The number of sulfonamides is 1. The van der Waals surface area contributed by atoms with E-state index in [1.165, 1.54) is 27.8 Å². The number of benzene rings is 1. The molecule has 4 amide bonds. The van der Waals surface area contributed by atoms with Crippen molar-refractivity contribution in [3.8, 4) is 5.88 Å². The highest BCUT2D eigenvalue weighted by molar-refractivity contribution is 7.91. The second-order valence-corrected chi connectivity index (χ2v) is 16.7. The topological polar surface area (TPSA) is 195 Å². The summed E-state index contributed by atoms with van der Waals surface area (Å²) in [6.07, 6.45) is 7.65. The van der Waals surface area contributed by atoms with Crippen molar-refractivity contribution in [1.29, 1.82) is 0 Å². The number of rotatable bonds is 8. The zero-order valence-electron chi connectivity index (χ0n) is 30.5. The molecule has 54 heavy (non-hydrogen) atoms. The Kier molecular flexibility index (Phi) is 10.2. The average Bonchev–Trinajstić information content (AvgIpc) is 4.03. The standard InChI is InChI=1S/C37H45FN8O7S/c1-4-26-34(41-29-17-23(38)12-15-27(29)39-26)53-24-18-31-33(48)42-37(36(50)44-54(51,52)25-13-14-25)19-22(37)10-8-6-5-7-9-11-28(35(49)46(31)20-24)40-32(47)30-16-21(2)43-45(30)3/h8,10,12,15-17,22,24-25,28,31H,4-7,9,11,13-14,18-20H2,1-3H3,(H,40,47)(H,42,48)(H,44,50)/b10-8-. The van der Waals surface area contributed by atoms with E-state index in [1.54, 1.807) is 20.0 Å². The van der Waals surface area contributed by atoms with Crippen LogP contribution in [0.15, 0.2) is 36.4 Å². The van der Waals surface area contributed by atoms with Crippen LogP contribution in [0.5, 0.6) is 5.88 Å². The maximum Gasteiger partial charge on any atom is 0.270 e. The third kappa shape index (κ3) is 7.68. The molecule has 3 N–H and O–H groups in total. The summed E-state index contributed by atoms with van der Waals surface area (Å²) in [7, 11) is -2.27. The third-order valence-corrected chi connectivity index (χ3v) is 12.5. The Morgan fingerprint density at radius 1 is 1.09 bits per heavy atom. The fraction of sp³-hybridized carbons (Fsp3) is 0.541. The average molecular weight is 765 g/mol. The Labute approximate surface area is 312 Å². The fourth-order valence-electron chi connectivity index (χ4n) is 7.43. The molecule has 4 heterocycles. The van der Waals surface area contributed by atoms with Gasteiger partial charge in [-0.1, -0.05) is 31.9 Å². The van der Waals surface area contributed by atoms with E-state index < -0.39 is 74.4 Å². The van der Waals surface area contributed by atoms with E-state index in [4.69, 9.17) is 4.74 Å². The van der Waals surface area contributed by atoms with E-state index in [1.807, 2.05) is 19.1 Å². The Balaban J connectivity index is 1.21. The zero-order valence-corrected chi connectivity index (χ0v) is 31.3. The van der Waals surface area contributed by atoms with Gasteiger partial charge >= 0.3 is 0 Å². The van der Waals surface area contributed by atoms with Crippen molar-refractivity contribution in [1.82, 2.24) is 40.0 Å². The lowest BCUT2D eigenvalue weighted by atomic mass is 10.0. The number of nitrogens with one attached hydrogen (secondary N) is 3. The molecule has 288 valence electrons. The molecule has 3 aromatic rings. The molecule has 4 aliphatic rings. The van der Waals surface area contributed by atoms with E-state index in [0.717, 1.165) is 12.8 Å². The SMILES string of the molecule is CCc1nc2ccc(F)cc2nc1OC1CC2C(=O)NC3(C(=O)NS(=O)(=O)C4CC4)CC3/C=C\CCCCCC(NC(=O)c3cc(C)nn3C)C(=O)N2C1. The van der Waals surface area contributed by atoms with E-state index >= 15 is 0 Å². The van der Waals surface area contributed by atoms with Gasteiger partial charge in [-0.15, -0.1) is 0 Å². The normalized spacial score (nSPS) is 26.9. The van der Waals surface area contributed by atoms with Crippen LogP contribution in [0.3, 0.4) is 0 Å². The van der Waals surface area contributed by atoms with Crippen LogP contribution in [0.25, 0.3) is 11.0 Å². The summed E-state index contributed by atoms with van der Waals surface area (Å²) in [4.78, 5) is 66.7. The first-order chi connectivity index (χ1) is 25.8. The number of carbonyl (C=O) groups is 4. The number of carbonyl (C=O) groups excluding carboxylic acids is 4. The number of hydrogen-bond donors (Lipinski definition) is 3. The van der Waals surface area contributed by atoms with Crippen molar-refractivity contribution in [3.05, 3.63) is 59.3 Å². The second kappa shape index (κ2) is 14.7. The van der Waals surface area contributed by atoms with Crippen molar-refractivity contribution >= 4 is 44.7 Å². The summed E-state index contributed by atoms with van der Waals surface area (Å²) < 4.78 is 49.8. The van der Waals surface area contributed by atoms with Gasteiger partial charge in [0.2, 0.25) is 27.7 Å². The maximum absolute atomic E-state index is 14.6. The quantitative estimate of drug-likeness (QED) is 0.287. The predicted octanol–water partition coefficient (Wildman–Crippen LogP) is 2.52. The monoisotopic (exact) mass is 764 g/mol. The number of aromatic nitrogens is 4. The van der Waals surface area contributed by atoms with Crippen LogP contribution in [-0.2, 0) is 37.9 Å². The molecule has 5 unspecified atom stereocenters. The van der Waals surface area contributed by atoms with Crippen LogP contribution in [0.4, 0.5) is 4.39 Å². The molecule has 15 nitrogen and oxygen atoms in total. The molecule has 0 spiro atoms. The van der Waals surface area contributed by atoms with Crippen LogP contribution in [0, 0.1) is 18.7 Å². The van der Waals surface area contributed by atoms with Gasteiger partial charge in [0, 0.05) is 25.5 Å². The van der Waals surface area contributed by atoms with Crippen LogP contribution in [0.2, 0.25) is 0 Å². The Morgan fingerprint density at radius 3 is 2.61 bits per heavy atom. The fourth-order valence-corrected chi connectivity index (χ4v) is 8.80. The van der Waals surface area contributed by atoms with Gasteiger partial charge in [0.05, 0.1) is 28.5 Å². The molecule has 1 aromatic carbocycles. The van der Waals surface area contributed by atoms with Gasteiger partial charge in [0.15, 0.2) is 0 Å². The maximum atomic E-state index is 14.6. The summed E-state index contributed by atoms with van der Waals surface area (Å²) >= 11 is 0. The Hall–Kier alpha value is -4.93. The lowest BCUT2D eigenvalue weighted by Crippen LogP contribution is -2.58. The van der Waals surface area contributed by atoms with Gasteiger partial charge in [-0.25, -0.2) is 22.8 Å². The number of fused-ring (bicyclic) bond motifs is 3. The predicted molar refractivity (Wildman–Crippen MR) is 194 cm³/mol. The number of allylic oxidation sites excluding steroid dienone is 1. The first kappa shape index (κ1) is 37.4. The Bertz CT molecular complexity index is 2140. The van der Waals surface area contributed by atoms with Crippen molar-refractivity contribution in [3.63, 3.8) is 0 Å². The van der Waals surface area contributed by atoms with Gasteiger partial charge in [-0.3, -0.25) is 28.6 Å². The van der Waals surface area contributed by atoms with Crippen molar-refractivity contribution in [2.45, 2.75) is 107 Å². The van der Waals surface area contributed by atoms with E-state index in [2.05, 4.69) is 30.4 Å². The van der Waals surface area contributed by atoms with E-state index in [0.29, 0.717) is 55.4 Å². The largest absolute Gasteiger partial charge is 0.471 e. The molecule has 3 fully saturated rings. The molecular weight excluding hydrogens is 720 g/mol. The molecular formula is C37H45FN8O7S. The number of aryl methyl sites for hydroxylation is 3. The number of hydrogen-bond acceptors (Lipinski definition) is 10. The lowest BCUT2D eigenvalue weighted by molar-refractivity contribution is -0.141. The number of halogens is 1. The van der Waals surface area contributed by atoms with Crippen LogP contribution < -0.4 is 20.1 Å². The highest BCUT2D eigenvalue weighted by Gasteiger charge is 2.62. The van der Waals surface area contributed by atoms with Gasteiger partial charge in [0.1, 0.15) is 40.9 Å². The summed E-state index contributed by atoms with van der Waals surface area (Å²) in [5, 5.41) is 9.35. The summed E-state index contributed by atoms with van der Waals surface area (Å²) in [5.41, 5.74) is 0.637. The molecule has 17 heteroatoms. The molecule has 2 aliphatic carbocycles. The van der Waals surface area contributed by atoms with E-state index in [-0.39, 0.29) is 36.5 Å². The highest BCUT2D eigenvalue weighted by Crippen LogP contribution is 2.46. The van der Waals surface area contributed by atoms with Crippen LogP contribution in [-0.4, -0.2) is 92.2 Å². The van der Waals surface area contributed by atoms with Crippen molar-refractivity contribution < 1.29 is 36.7 Å². The molecule has 0 radical (unpaired) electrons. The first-order valence-corrected chi connectivity index (χ1v) is 20.1. The smallest absolute Gasteiger partial charge is 0.270 e. The van der Waals surface area contributed by atoms with Gasteiger partial charge < -0.3 is 20.3 Å². The van der Waals surface area contributed by atoms with Crippen LogP contribution >= 0.6 is 0 Å². The van der Waals surface area contributed by atoms with Gasteiger partial charge in [0.25, 0.3) is 11.8 Å². The minimum absolute atomic E-state index is 0.0102. The second-order valence-electron chi connectivity index (χ2n) is 14.8. The molecule has 1 saturated heterocycles. The number of amides is 4. The first-order valence-electron chi connectivity index (χ1n) is 18.6. The highest BCUT2D eigenvalue weighted by atomic mass is 32.2. The van der Waals surface area contributed by atoms with Crippen molar-refractivity contribution in [2.24, 2.45) is 13.0 Å². The summed E-state index contributed by atoms with van der Waals surface area (Å²) in [5.74, 6) is -3.28. The molecule has 7 rings (SSSR count). The zero-order chi connectivity index (χ0) is 38.4. The lowest BCUT2D eigenvalue weighted by Gasteiger charge is -2.30. The molecule has 2 saturated carbocycles. The molecule has 5 atom stereocenters. The summed E-state index contributed by atoms with van der Waals surface area (Å²) in [6.45, 7) is 3.55. The third-order valence-electron chi connectivity index (χ3n) is 10.7. The van der Waals surface area contributed by atoms with E-state index in [9.17, 15) is 32.0 Å². The molecule has 0 bridgehead atoms. The minimum atomic E-state index is -3.91.